The summed E-state index contributed by atoms with van der Waals surface area (Å²) in [5.41, 5.74) is 1.23. The molecule has 0 aliphatic heterocycles. The first-order chi connectivity index (χ1) is 9.08. The number of benzene rings is 2. The highest BCUT2D eigenvalue weighted by atomic mass is 19.1. The van der Waals surface area contributed by atoms with Crippen molar-refractivity contribution in [2.45, 2.75) is 13.5 Å². The predicted molar refractivity (Wildman–Crippen MR) is 68.6 cm³/mol. The van der Waals surface area contributed by atoms with E-state index in [0.717, 1.165) is 5.56 Å². The number of nitrogens with zero attached hydrogens (tertiary/aromatic N) is 1. The lowest BCUT2D eigenvalue weighted by atomic mass is 10.2. The zero-order valence-corrected chi connectivity index (χ0v) is 10.3. The van der Waals surface area contributed by atoms with E-state index < -0.39 is 10.7 Å². The van der Waals surface area contributed by atoms with Crippen molar-refractivity contribution in [3.05, 3.63) is 69.5 Å². The summed E-state index contributed by atoms with van der Waals surface area (Å²) >= 11 is 0. The maximum atomic E-state index is 13.1. The molecule has 0 aliphatic carbocycles. The van der Waals surface area contributed by atoms with E-state index in [2.05, 4.69) is 0 Å². The molecular weight excluding hydrogens is 249 g/mol. The lowest BCUT2D eigenvalue weighted by Crippen LogP contribution is -2.01. The highest BCUT2D eigenvalue weighted by molar-refractivity contribution is 5.40. The minimum absolute atomic E-state index is 0.00319. The van der Waals surface area contributed by atoms with Gasteiger partial charge in [0, 0.05) is 12.1 Å². The Morgan fingerprint density at radius 2 is 2.00 bits per heavy atom. The summed E-state index contributed by atoms with van der Waals surface area (Å²) in [6.45, 7) is 1.82. The number of nitro benzene ring substituents is 1. The molecule has 5 heteroatoms. The molecule has 0 amide bonds. The quantitative estimate of drug-likeness (QED) is 0.624. The third kappa shape index (κ3) is 3.07. The number of para-hydroxylation sites is 1. The molecule has 98 valence electrons. The standard InChI is InChI=1S/C14H12FNO3/c1-10-6-7-12(15)8-14(10)19-9-11-4-2-3-5-13(11)16(17)18/h2-8H,9H2,1H3. The molecule has 2 aromatic carbocycles. The van der Waals surface area contributed by atoms with Crippen LogP contribution in [-0.2, 0) is 6.61 Å². The zero-order chi connectivity index (χ0) is 13.8. The van der Waals surface area contributed by atoms with Gasteiger partial charge in [0.05, 0.1) is 10.5 Å². The molecule has 19 heavy (non-hydrogen) atoms. The van der Waals surface area contributed by atoms with E-state index in [9.17, 15) is 14.5 Å². The van der Waals surface area contributed by atoms with Crippen molar-refractivity contribution in [1.29, 1.82) is 0 Å². The number of ether oxygens (including phenoxy) is 1. The molecule has 4 nitrogen and oxygen atoms in total. The van der Waals surface area contributed by atoms with Crippen LogP contribution in [0, 0.1) is 22.9 Å². The minimum atomic E-state index is -0.461. The average molecular weight is 261 g/mol. The van der Waals surface area contributed by atoms with E-state index in [1.54, 1.807) is 31.2 Å². The summed E-state index contributed by atoms with van der Waals surface area (Å²) in [7, 11) is 0. The molecule has 0 radical (unpaired) electrons. The Kier molecular flexibility index (Phi) is 3.75. The summed E-state index contributed by atoms with van der Waals surface area (Å²) in [6, 6.07) is 10.5. The molecule has 2 aromatic rings. The van der Waals surface area contributed by atoms with Gasteiger partial charge in [-0.1, -0.05) is 18.2 Å². The van der Waals surface area contributed by atoms with Crippen LogP contribution in [0.3, 0.4) is 0 Å². The molecule has 0 aliphatic rings. The summed E-state index contributed by atoms with van der Waals surface area (Å²) in [6.07, 6.45) is 0. The second kappa shape index (κ2) is 5.48. The first-order valence-corrected chi connectivity index (χ1v) is 5.69. The van der Waals surface area contributed by atoms with Crippen LogP contribution in [0.25, 0.3) is 0 Å². The van der Waals surface area contributed by atoms with Crippen LogP contribution in [0.5, 0.6) is 5.75 Å². The molecule has 0 aromatic heterocycles. The van der Waals surface area contributed by atoms with E-state index in [0.29, 0.717) is 11.3 Å². The van der Waals surface area contributed by atoms with Crippen LogP contribution in [0.2, 0.25) is 0 Å². The van der Waals surface area contributed by atoms with Gasteiger partial charge in [0.25, 0.3) is 5.69 Å². The molecule has 0 spiro atoms. The Balaban J connectivity index is 2.19. The van der Waals surface area contributed by atoms with Gasteiger partial charge in [-0.05, 0) is 24.6 Å². The van der Waals surface area contributed by atoms with Crippen molar-refractivity contribution in [1.82, 2.24) is 0 Å². The number of rotatable bonds is 4. The maximum absolute atomic E-state index is 13.1. The fraction of sp³-hybridized carbons (Fsp3) is 0.143. The Bertz CT molecular complexity index is 613. The van der Waals surface area contributed by atoms with Crippen molar-refractivity contribution >= 4 is 5.69 Å². The predicted octanol–water partition coefficient (Wildman–Crippen LogP) is 3.62. The lowest BCUT2D eigenvalue weighted by Gasteiger charge is -2.09. The third-order valence-corrected chi connectivity index (χ3v) is 2.72. The first kappa shape index (κ1) is 13.0. The number of hydrogen-bond donors (Lipinski definition) is 0. The molecule has 0 saturated carbocycles. The second-order valence-electron chi connectivity index (χ2n) is 4.08. The average Bonchev–Trinajstić information content (AvgIpc) is 2.40. The smallest absolute Gasteiger partial charge is 0.276 e. The molecule has 0 bridgehead atoms. The van der Waals surface area contributed by atoms with Gasteiger partial charge in [0.15, 0.2) is 0 Å². The van der Waals surface area contributed by atoms with E-state index >= 15 is 0 Å². The van der Waals surface area contributed by atoms with Crippen molar-refractivity contribution in [3.63, 3.8) is 0 Å². The third-order valence-electron chi connectivity index (χ3n) is 2.72. The molecule has 0 atom stereocenters. The zero-order valence-electron chi connectivity index (χ0n) is 10.3. The minimum Gasteiger partial charge on any atom is -0.488 e. The summed E-state index contributed by atoms with van der Waals surface area (Å²) in [5, 5.41) is 10.8. The summed E-state index contributed by atoms with van der Waals surface area (Å²) in [4.78, 5) is 10.4. The fourth-order valence-electron chi connectivity index (χ4n) is 1.70. The van der Waals surface area contributed by atoms with Crippen LogP contribution in [0.15, 0.2) is 42.5 Å². The van der Waals surface area contributed by atoms with Gasteiger partial charge in [0.1, 0.15) is 18.2 Å². The molecule has 0 saturated heterocycles. The Morgan fingerprint density at radius 3 is 2.74 bits per heavy atom. The molecule has 0 unspecified atom stereocenters. The monoisotopic (exact) mass is 261 g/mol. The van der Waals surface area contributed by atoms with Gasteiger partial charge in [-0.25, -0.2) is 4.39 Å². The number of halogens is 1. The Hall–Kier alpha value is -2.43. The van der Waals surface area contributed by atoms with Crippen LogP contribution in [0.4, 0.5) is 10.1 Å². The summed E-state index contributed by atoms with van der Waals surface area (Å²) in [5.74, 6) is -0.0127. The number of nitro groups is 1. The molecule has 0 heterocycles. The van der Waals surface area contributed by atoms with Crippen molar-refractivity contribution < 1.29 is 14.1 Å². The maximum Gasteiger partial charge on any atom is 0.276 e. The largest absolute Gasteiger partial charge is 0.488 e. The molecule has 2 rings (SSSR count). The lowest BCUT2D eigenvalue weighted by molar-refractivity contribution is -0.385. The first-order valence-electron chi connectivity index (χ1n) is 5.69. The normalized spacial score (nSPS) is 10.2. The van der Waals surface area contributed by atoms with Crippen LogP contribution in [-0.4, -0.2) is 4.92 Å². The Labute approximate surface area is 109 Å². The van der Waals surface area contributed by atoms with Crippen molar-refractivity contribution in [2.75, 3.05) is 0 Å². The number of hydrogen-bond acceptors (Lipinski definition) is 3. The van der Waals surface area contributed by atoms with Crippen LogP contribution < -0.4 is 4.74 Å². The van der Waals surface area contributed by atoms with Crippen molar-refractivity contribution in [2.24, 2.45) is 0 Å². The van der Waals surface area contributed by atoms with E-state index in [1.807, 2.05) is 0 Å². The number of aryl methyl sites for hydroxylation is 1. The van der Waals surface area contributed by atoms with Gasteiger partial charge >= 0.3 is 0 Å². The van der Waals surface area contributed by atoms with E-state index in [-0.39, 0.29) is 12.3 Å². The van der Waals surface area contributed by atoms with Gasteiger partial charge in [-0.15, -0.1) is 0 Å². The molecule has 0 N–H and O–H groups in total. The SMILES string of the molecule is Cc1ccc(F)cc1OCc1ccccc1[N+](=O)[O-]. The Morgan fingerprint density at radius 1 is 1.26 bits per heavy atom. The van der Waals surface area contributed by atoms with Gasteiger partial charge in [-0.2, -0.15) is 0 Å². The van der Waals surface area contributed by atoms with Gasteiger partial charge < -0.3 is 4.74 Å². The fourth-order valence-corrected chi connectivity index (χ4v) is 1.70. The van der Waals surface area contributed by atoms with E-state index in [1.165, 1.54) is 18.2 Å². The highest BCUT2D eigenvalue weighted by Crippen LogP contribution is 2.23. The summed E-state index contributed by atoms with van der Waals surface area (Å²) < 4.78 is 18.5. The van der Waals surface area contributed by atoms with E-state index in [4.69, 9.17) is 4.74 Å². The highest BCUT2D eigenvalue weighted by Gasteiger charge is 2.13. The van der Waals surface area contributed by atoms with Gasteiger partial charge in [0.2, 0.25) is 0 Å². The topological polar surface area (TPSA) is 52.4 Å². The second-order valence-corrected chi connectivity index (χ2v) is 4.08. The van der Waals surface area contributed by atoms with Crippen LogP contribution in [0.1, 0.15) is 11.1 Å². The van der Waals surface area contributed by atoms with Gasteiger partial charge in [-0.3, -0.25) is 10.1 Å². The molecular formula is C14H12FNO3. The van der Waals surface area contributed by atoms with Crippen molar-refractivity contribution in [3.8, 4) is 5.75 Å². The van der Waals surface area contributed by atoms with Crippen LogP contribution >= 0.6 is 0 Å². The molecule has 0 fully saturated rings.